The van der Waals surface area contributed by atoms with Gasteiger partial charge in [0.05, 0.1) is 0 Å². The Bertz CT molecular complexity index is 794. The monoisotopic (exact) mass is 449 g/mol. The summed E-state index contributed by atoms with van der Waals surface area (Å²) in [6, 6.07) is 5.18. The van der Waals surface area contributed by atoms with Crippen molar-refractivity contribution in [2.75, 3.05) is 6.67 Å². The number of nitrogens with one attached hydrogen (secondary N) is 1. The van der Waals surface area contributed by atoms with Gasteiger partial charge in [-0.1, -0.05) is 18.2 Å². The Morgan fingerprint density at radius 1 is 1.13 bits per heavy atom. The number of carbonyl (C=O) groups is 2. The van der Waals surface area contributed by atoms with E-state index in [1.165, 1.54) is 32.0 Å². The Kier molecular flexibility index (Phi) is 6.85. The van der Waals surface area contributed by atoms with Gasteiger partial charge in [-0.25, -0.2) is 22.8 Å². The topological polar surface area (TPSA) is 87.7 Å². The molecule has 0 spiro atoms. The largest absolute Gasteiger partial charge is 0.598 e. The number of halogens is 3. The van der Waals surface area contributed by atoms with Gasteiger partial charge in [0, 0.05) is 37.2 Å². The van der Waals surface area contributed by atoms with Gasteiger partial charge in [0.2, 0.25) is 0 Å². The third-order valence-electron chi connectivity index (χ3n) is 4.68. The summed E-state index contributed by atoms with van der Waals surface area (Å²) in [5, 5.41) is 0. The molecule has 0 radical (unpaired) electrons. The number of hydrogen-bond donors (Lipinski definition) is 1. The van der Waals surface area contributed by atoms with Crippen LogP contribution in [0.1, 0.15) is 53.0 Å². The molecular formula is C20H26F3NO5S. The molecule has 30 heavy (non-hydrogen) atoms. The lowest BCUT2D eigenvalue weighted by Gasteiger charge is -2.39. The van der Waals surface area contributed by atoms with Gasteiger partial charge >= 0.3 is 17.6 Å². The molecule has 0 saturated carbocycles. The summed E-state index contributed by atoms with van der Waals surface area (Å²) in [7, 11) is 0. The molecule has 6 nitrogen and oxygen atoms in total. The van der Waals surface area contributed by atoms with Gasteiger partial charge in [0.1, 0.15) is 22.8 Å². The Balaban J connectivity index is 2.42. The molecule has 1 unspecified atom stereocenters. The van der Waals surface area contributed by atoms with Crippen molar-refractivity contribution in [1.82, 2.24) is 4.72 Å². The first-order chi connectivity index (χ1) is 13.7. The number of benzene rings is 1. The van der Waals surface area contributed by atoms with E-state index in [9.17, 15) is 22.9 Å². The molecule has 2 rings (SSSR count). The van der Waals surface area contributed by atoms with E-state index in [2.05, 4.69) is 4.72 Å². The summed E-state index contributed by atoms with van der Waals surface area (Å²) in [4.78, 5) is 24.4. The highest BCUT2D eigenvalue weighted by molar-refractivity contribution is 7.90. The highest BCUT2D eigenvalue weighted by Gasteiger charge is 2.58. The molecule has 168 valence electrons. The number of rotatable bonds is 7. The molecule has 2 atom stereocenters. The minimum atomic E-state index is -3.20. The summed E-state index contributed by atoms with van der Waals surface area (Å²) in [6.07, 6.45) is -1.44. The van der Waals surface area contributed by atoms with Gasteiger partial charge in [0.25, 0.3) is 5.79 Å². The molecular weight excluding hydrogens is 423 g/mol. The van der Waals surface area contributed by atoms with Gasteiger partial charge in [-0.05, 0) is 33.3 Å². The predicted molar refractivity (Wildman–Crippen MR) is 104 cm³/mol. The summed E-state index contributed by atoms with van der Waals surface area (Å²) in [6.45, 7) is 6.11. The highest BCUT2D eigenvalue weighted by atomic mass is 32.2. The maximum Gasteiger partial charge on any atom is 0.359 e. The zero-order chi connectivity index (χ0) is 23.0. The minimum Gasteiger partial charge on any atom is -0.598 e. The normalized spacial score (nSPS) is 21.4. The first-order valence-electron chi connectivity index (χ1n) is 9.33. The van der Waals surface area contributed by atoms with Crippen molar-refractivity contribution in [3.63, 3.8) is 0 Å². The van der Waals surface area contributed by atoms with Crippen LogP contribution in [0.25, 0.3) is 0 Å². The van der Waals surface area contributed by atoms with Crippen LogP contribution in [0.3, 0.4) is 0 Å². The number of carbonyl (C=O) groups excluding carboxylic acids is 2. The Labute approximate surface area is 176 Å². The van der Waals surface area contributed by atoms with Crippen LogP contribution >= 0.6 is 0 Å². The number of esters is 2. The average molecular weight is 449 g/mol. The maximum atomic E-state index is 15.3. The van der Waals surface area contributed by atoms with Crippen molar-refractivity contribution in [1.29, 1.82) is 0 Å². The van der Waals surface area contributed by atoms with Gasteiger partial charge in [0.15, 0.2) is 0 Å². The van der Waals surface area contributed by atoms with Crippen molar-refractivity contribution in [3.05, 3.63) is 35.6 Å². The van der Waals surface area contributed by atoms with Crippen LogP contribution in [0.15, 0.2) is 24.3 Å². The van der Waals surface area contributed by atoms with E-state index in [4.69, 9.17) is 9.47 Å². The van der Waals surface area contributed by atoms with Crippen LogP contribution in [0, 0.1) is 5.82 Å². The van der Waals surface area contributed by atoms with E-state index in [1.54, 1.807) is 20.8 Å². The van der Waals surface area contributed by atoms with Gasteiger partial charge < -0.3 is 14.0 Å². The maximum absolute atomic E-state index is 15.3. The van der Waals surface area contributed by atoms with E-state index in [0.29, 0.717) is 0 Å². The molecule has 1 N–H and O–H groups in total. The fourth-order valence-electron chi connectivity index (χ4n) is 2.89. The van der Waals surface area contributed by atoms with E-state index < -0.39 is 70.4 Å². The Morgan fingerprint density at radius 3 is 2.13 bits per heavy atom. The fourth-order valence-corrected chi connectivity index (χ4v) is 3.82. The van der Waals surface area contributed by atoms with Crippen molar-refractivity contribution < 1.29 is 36.8 Å². The fraction of sp³-hybridized carbons (Fsp3) is 0.600. The minimum absolute atomic E-state index is 0.202. The van der Waals surface area contributed by atoms with Crippen molar-refractivity contribution in [3.8, 4) is 0 Å². The SMILES string of the molecule is CC1(C)OC(=O)C(F)(CC[C@](CF)(N[S+]([O-])C(C)(C)C)c2ccccc2F)C(=O)O1. The lowest BCUT2D eigenvalue weighted by Crippen LogP contribution is -2.58. The molecule has 1 fully saturated rings. The first-order valence-corrected chi connectivity index (χ1v) is 10.5. The number of hydrogen-bond acceptors (Lipinski definition) is 6. The molecule has 1 aliphatic rings. The Morgan fingerprint density at radius 2 is 1.67 bits per heavy atom. The van der Waals surface area contributed by atoms with E-state index in [0.717, 1.165) is 6.07 Å². The second-order valence-corrected chi connectivity index (χ2v) is 10.6. The molecule has 1 aromatic carbocycles. The number of alkyl halides is 2. The van der Waals surface area contributed by atoms with E-state index in [-0.39, 0.29) is 5.56 Å². The van der Waals surface area contributed by atoms with Crippen molar-refractivity contribution in [2.24, 2.45) is 0 Å². The van der Waals surface area contributed by atoms with Crippen LogP contribution < -0.4 is 4.72 Å². The van der Waals surface area contributed by atoms with E-state index >= 15 is 4.39 Å². The molecule has 0 aromatic heterocycles. The zero-order valence-electron chi connectivity index (χ0n) is 17.5. The van der Waals surface area contributed by atoms with Crippen molar-refractivity contribution in [2.45, 2.75) is 69.2 Å². The van der Waals surface area contributed by atoms with Crippen LogP contribution in [-0.4, -0.2) is 39.4 Å². The van der Waals surface area contributed by atoms with Gasteiger partial charge in [-0.15, -0.1) is 4.72 Å². The summed E-state index contributed by atoms with van der Waals surface area (Å²) >= 11 is -1.88. The molecule has 10 heteroatoms. The number of cyclic esters (lactones) is 2. The first kappa shape index (κ1) is 24.5. The molecule has 1 aliphatic heterocycles. The van der Waals surface area contributed by atoms with Crippen LogP contribution in [-0.2, 0) is 36.0 Å². The molecule has 1 heterocycles. The average Bonchev–Trinajstić information content (AvgIpc) is 2.62. The van der Waals surface area contributed by atoms with Crippen molar-refractivity contribution >= 4 is 23.3 Å². The summed E-state index contributed by atoms with van der Waals surface area (Å²) in [5.41, 5.74) is -5.37. The molecule has 1 saturated heterocycles. The zero-order valence-corrected chi connectivity index (χ0v) is 18.3. The lowest BCUT2D eigenvalue weighted by atomic mass is 9.83. The third kappa shape index (κ3) is 4.92. The Hall–Kier alpha value is -1.78. The quantitative estimate of drug-likeness (QED) is 0.390. The summed E-state index contributed by atoms with van der Waals surface area (Å²) < 4.78 is 68.3. The second kappa shape index (κ2) is 8.39. The smallest absolute Gasteiger partial charge is 0.359 e. The second-order valence-electron chi connectivity index (χ2n) is 8.66. The van der Waals surface area contributed by atoms with Gasteiger partial charge in [-0.3, -0.25) is 0 Å². The van der Waals surface area contributed by atoms with Crippen LogP contribution in [0.4, 0.5) is 13.2 Å². The highest BCUT2D eigenvalue weighted by Crippen LogP contribution is 2.38. The van der Waals surface area contributed by atoms with Crippen LogP contribution in [0.5, 0.6) is 0 Å². The third-order valence-corrected chi connectivity index (χ3v) is 6.37. The predicted octanol–water partition coefficient (Wildman–Crippen LogP) is 3.37. The van der Waals surface area contributed by atoms with E-state index in [1.807, 2.05) is 0 Å². The summed E-state index contributed by atoms with van der Waals surface area (Å²) in [5.74, 6) is -5.39. The molecule has 0 aliphatic carbocycles. The van der Waals surface area contributed by atoms with Gasteiger partial charge in [-0.2, -0.15) is 0 Å². The van der Waals surface area contributed by atoms with Crippen LogP contribution in [0.2, 0.25) is 0 Å². The molecule has 1 aromatic rings. The molecule has 0 bridgehead atoms. The lowest BCUT2D eigenvalue weighted by molar-refractivity contribution is -0.253. The molecule has 0 amide bonds. The standard InChI is InChI=1S/C20H26F3NO5S/c1-17(2,3)30(27)24-19(12-21,13-8-6-7-9-14(13)22)10-11-20(23)15(25)28-18(4,5)29-16(20)26/h6-9,24H,10-12H2,1-5H3/t19-,30?/m1/s1. The number of ether oxygens (including phenoxy) is 2.